The number of benzene rings is 2. The fourth-order valence-electron chi connectivity index (χ4n) is 3.85. The molecule has 1 aliphatic rings. The average Bonchev–Trinajstić information content (AvgIpc) is 2.75. The molecule has 0 radical (unpaired) electrons. The number of rotatable bonds is 7. The van der Waals surface area contributed by atoms with E-state index in [0.717, 1.165) is 5.56 Å². The van der Waals surface area contributed by atoms with Crippen molar-refractivity contribution in [2.24, 2.45) is 5.41 Å². The van der Waals surface area contributed by atoms with Crippen molar-refractivity contribution in [3.63, 3.8) is 0 Å². The minimum atomic E-state index is -3.73. The van der Waals surface area contributed by atoms with Crippen molar-refractivity contribution in [2.75, 3.05) is 26.8 Å². The summed E-state index contributed by atoms with van der Waals surface area (Å²) < 4.78 is 38.4. The van der Waals surface area contributed by atoms with Crippen LogP contribution in [0.25, 0.3) is 0 Å². The molecule has 0 aliphatic carbocycles. The van der Waals surface area contributed by atoms with E-state index in [9.17, 15) is 13.2 Å². The van der Waals surface area contributed by atoms with E-state index in [1.165, 1.54) is 23.5 Å². The van der Waals surface area contributed by atoms with Gasteiger partial charge in [-0.3, -0.25) is 4.79 Å². The van der Waals surface area contributed by atoms with E-state index < -0.39 is 15.4 Å². The maximum Gasteiger partial charge on any atom is 0.313 e. The van der Waals surface area contributed by atoms with Gasteiger partial charge in [-0.25, -0.2) is 8.42 Å². The average molecular weight is 418 g/mol. The molecule has 0 amide bonds. The van der Waals surface area contributed by atoms with E-state index in [0.29, 0.717) is 31.6 Å². The van der Waals surface area contributed by atoms with Crippen LogP contribution in [-0.4, -0.2) is 45.5 Å². The molecule has 0 aromatic heterocycles. The van der Waals surface area contributed by atoms with Crippen LogP contribution in [0.2, 0.25) is 0 Å². The molecule has 29 heavy (non-hydrogen) atoms. The number of nitrogens with zero attached hydrogens (tertiary/aromatic N) is 1. The molecule has 2 aromatic carbocycles. The van der Waals surface area contributed by atoms with Crippen molar-refractivity contribution in [3.8, 4) is 5.75 Å². The number of sulfonamides is 1. The quantitative estimate of drug-likeness (QED) is 0.647. The van der Waals surface area contributed by atoms with Crippen LogP contribution in [0, 0.1) is 5.41 Å². The molecule has 1 fully saturated rings. The maximum atomic E-state index is 13.2. The zero-order valence-electron chi connectivity index (χ0n) is 16.8. The van der Waals surface area contributed by atoms with Crippen LogP contribution in [-0.2, 0) is 26.0 Å². The van der Waals surface area contributed by atoms with Gasteiger partial charge in [-0.1, -0.05) is 30.3 Å². The van der Waals surface area contributed by atoms with Gasteiger partial charge in [0.15, 0.2) is 0 Å². The monoisotopic (exact) mass is 417 g/mol. The zero-order valence-corrected chi connectivity index (χ0v) is 17.7. The lowest BCUT2D eigenvalue weighted by molar-refractivity contribution is -0.157. The molecular formula is C22H27NO5S. The van der Waals surface area contributed by atoms with Gasteiger partial charge < -0.3 is 9.47 Å². The summed E-state index contributed by atoms with van der Waals surface area (Å²) in [6.45, 7) is 2.52. The highest BCUT2D eigenvalue weighted by Gasteiger charge is 2.46. The van der Waals surface area contributed by atoms with E-state index in [4.69, 9.17) is 9.47 Å². The number of hydrogen-bond donors (Lipinski definition) is 0. The van der Waals surface area contributed by atoms with Crippen molar-refractivity contribution in [3.05, 3.63) is 60.2 Å². The molecule has 0 spiro atoms. The maximum absolute atomic E-state index is 13.2. The summed E-state index contributed by atoms with van der Waals surface area (Å²) in [5, 5.41) is 0. The van der Waals surface area contributed by atoms with Gasteiger partial charge >= 0.3 is 5.97 Å². The Morgan fingerprint density at radius 1 is 1.10 bits per heavy atom. The van der Waals surface area contributed by atoms with Gasteiger partial charge in [0.05, 0.1) is 24.0 Å². The molecule has 0 unspecified atom stereocenters. The highest BCUT2D eigenvalue weighted by Crippen LogP contribution is 2.37. The Kier molecular flexibility index (Phi) is 6.59. The van der Waals surface area contributed by atoms with Crippen molar-refractivity contribution in [1.29, 1.82) is 0 Å². The molecular weight excluding hydrogens is 390 g/mol. The van der Waals surface area contributed by atoms with E-state index in [1.54, 1.807) is 19.1 Å². The Hall–Kier alpha value is -2.38. The standard InChI is InChI=1S/C22H27NO5S/c1-3-28-21(24)22(16-18-8-5-4-6-9-18)14-7-15-23(17-22)29(25,26)20-12-10-19(27-2)11-13-20/h4-6,8-13H,3,7,14-17H2,1-2H3/t22-/m0/s1. The lowest BCUT2D eigenvalue weighted by atomic mass is 9.75. The number of carbonyl (C=O) groups excluding carboxylic acids is 1. The Bertz CT molecular complexity index is 927. The van der Waals surface area contributed by atoms with Gasteiger partial charge in [-0.2, -0.15) is 4.31 Å². The Labute approximate surface area is 172 Å². The summed E-state index contributed by atoms with van der Waals surface area (Å²) in [6.07, 6.45) is 1.64. The van der Waals surface area contributed by atoms with E-state index in [-0.39, 0.29) is 24.0 Å². The number of hydrogen-bond acceptors (Lipinski definition) is 5. The Balaban J connectivity index is 1.91. The third-order valence-electron chi connectivity index (χ3n) is 5.33. The Morgan fingerprint density at radius 2 is 1.79 bits per heavy atom. The van der Waals surface area contributed by atoms with Gasteiger partial charge in [0.2, 0.25) is 10.0 Å². The van der Waals surface area contributed by atoms with Gasteiger partial charge in [-0.15, -0.1) is 0 Å². The molecule has 3 rings (SSSR count). The topological polar surface area (TPSA) is 72.9 Å². The zero-order chi connectivity index (χ0) is 20.9. The first kappa shape index (κ1) is 21.3. The summed E-state index contributed by atoms with van der Waals surface area (Å²) in [5.41, 5.74) is 0.0963. The first-order valence-electron chi connectivity index (χ1n) is 9.77. The summed E-state index contributed by atoms with van der Waals surface area (Å²) in [5.74, 6) is 0.256. The number of ether oxygens (including phenoxy) is 2. The largest absolute Gasteiger partial charge is 0.497 e. The predicted octanol–water partition coefficient (Wildman–Crippen LogP) is 3.27. The number of carbonyl (C=O) groups is 1. The van der Waals surface area contributed by atoms with Gasteiger partial charge in [0.25, 0.3) is 0 Å². The van der Waals surface area contributed by atoms with E-state index >= 15 is 0 Å². The van der Waals surface area contributed by atoms with Crippen LogP contribution >= 0.6 is 0 Å². The minimum Gasteiger partial charge on any atom is -0.497 e. The molecule has 0 N–H and O–H groups in total. The lowest BCUT2D eigenvalue weighted by Gasteiger charge is -2.40. The van der Waals surface area contributed by atoms with Crippen molar-refractivity contribution in [2.45, 2.75) is 31.1 Å². The summed E-state index contributed by atoms with van der Waals surface area (Å²) in [7, 11) is -2.20. The molecule has 0 saturated carbocycles. The molecule has 6 nitrogen and oxygen atoms in total. The van der Waals surface area contributed by atoms with E-state index in [2.05, 4.69) is 0 Å². The molecule has 7 heteroatoms. The molecule has 2 aromatic rings. The lowest BCUT2D eigenvalue weighted by Crippen LogP contribution is -2.51. The third-order valence-corrected chi connectivity index (χ3v) is 7.19. The van der Waals surface area contributed by atoms with Gasteiger partial charge in [0, 0.05) is 13.1 Å². The molecule has 1 aliphatic heterocycles. The van der Waals surface area contributed by atoms with Crippen LogP contribution < -0.4 is 4.74 Å². The highest BCUT2D eigenvalue weighted by atomic mass is 32.2. The predicted molar refractivity (Wildman–Crippen MR) is 110 cm³/mol. The first-order valence-corrected chi connectivity index (χ1v) is 11.2. The summed E-state index contributed by atoms with van der Waals surface area (Å²) >= 11 is 0. The van der Waals surface area contributed by atoms with E-state index in [1.807, 2.05) is 30.3 Å². The second kappa shape index (κ2) is 8.97. The second-order valence-electron chi connectivity index (χ2n) is 7.28. The van der Waals surface area contributed by atoms with Crippen LogP contribution in [0.4, 0.5) is 0 Å². The van der Waals surface area contributed by atoms with Gasteiger partial charge in [-0.05, 0) is 56.0 Å². The first-order chi connectivity index (χ1) is 13.9. The molecule has 156 valence electrons. The van der Waals surface area contributed by atoms with Gasteiger partial charge in [0.1, 0.15) is 5.75 Å². The molecule has 1 atom stereocenters. The Morgan fingerprint density at radius 3 is 2.41 bits per heavy atom. The number of esters is 1. The molecule has 1 heterocycles. The van der Waals surface area contributed by atoms with Crippen molar-refractivity contribution >= 4 is 16.0 Å². The van der Waals surface area contributed by atoms with Crippen LogP contribution in [0.5, 0.6) is 5.75 Å². The second-order valence-corrected chi connectivity index (χ2v) is 9.22. The van der Waals surface area contributed by atoms with Crippen molar-refractivity contribution < 1.29 is 22.7 Å². The van der Waals surface area contributed by atoms with Crippen molar-refractivity contribution in [1.82, 2.24) is 4.31 Å². The smallest absolute Gasteiger partial charge is 0.313 e. The minimum absolute atomic E-state index is 0.106. The third kappa shape index (κ3) is 4.62. The van der Waals surface area contributed by atoms with Crippen LogP contribution in [0.15, 0.2) is 59.5 Å². The van der Waals surface area contributed by atoms with Crippen LogP contribution in [0.1, 0.15) is 25.3 Å². The summed E-state index contributed by atoms with van der Waals surface area (Å²) in [4.78, 5) is 13.1. The van der Waals surface area contributed by atoms with Crippen LogP contribution in [0.3, 0.4) is 0 Å². The fraction of sp³-hybridized carbons (Fsp3) is 0.409. The number of methoxy groups -OCH3 is 1. The number of piperidine rings is 1. The molecule has 1 saturated heterocycles. The normalized spacial score (nSPS) is 20.2. The highest BCUT2D eigenvalue weighted by molar-refractivity contribution is 7.89. The fourth-order valence-corrected chi connectivity index (χ4v) is 5.41. The SMILES string of the molecule is CCOC(=O)[C@]1(Cc2ccccc2)CCCN(S(=O)(=O)c2ccc(OC)cc2)C1. The molecule has 0 bridgehead atoms. The summed E-state index contributed by atoms with van der Waals surface area (Å²) in [6, 6.07) is 16.0.